The SMILES string of the molecule is Cc1cccc(-c2nc(CN(C(=O)OCc3ccc(NC(=O)[C@H](CCCNC(N)=O)NC(=O)C(NC(=O)CCCCCN4C(=O)C=CC4=O)C(C)C)cc3)C3CCCC[C@@H]3F)[nH]c2-c2ccn3ncnc3c2)n1. The summed E-state index contributed by atoms with van der Waals surface area (Å²) in [6, 6.07) is 12.3. The van der Waals surface area contributed by atoms with E-state index in [2.05, 4.69) is 36.3 Å². The van der Waals surface area contributed by atoms with Crippen molar-refractivity contribution in [2.75, 3.05) is 18.4 Å². The molecule has 4 atom stereocenters. The monoisotopic (exact) mass is 1000 g/mol. The number of rotatable bonds is 23. The number of aromatic nitrogens is 6. The first kappa shape index (κ1) is 52.8. The number of fused-ring (bicyclic) bond motifs is 1. The zero-order valence-corrected chi connectivity index (χ0v) is 41.1. The van der Waals surface area contributed by atoms with E-state index in [1.165, 1.54) is 23.4 Å². The molecule has 1 aliphatic carbocycles. The third-order valence-corrected chi connectivity index (χ3v) is 12.7. The van der Waals surface area contributed by atoms with Crippen LogP contribution in [0.4, 0.5) is 19.7 Å². The fraction of sp³-hybridized carbons (Fsp3) is 0.431. The van der Waals surface area contributed by atoms with Gasteiger partial charge in [-0.15, -0.1) is 0 Å². The van der Waals surface area contributed by atoms with Crippen molar-refractivity contribution in [3.63, 3.8) is 0 Å². The van der Waals surface area contributed by atoms with Crippen molar-refractivity contribution >= 4 is 53.0 Å². The number of aromatic amines is 1. The summed E-state index contributed by atoms with van der Waals surface area (Å²) in [5.41, 5.74) is 10.2. The smallest absolute Gasteiger partial charge is 0.410 e. The van der Waals surface area contributed by atoms with Crippen LogP contribution in [0.5, 0.6) is 0 Å². The number of pyridine rings is 2. The van der Waals surface area contributed by atoms with Gasteiger partial charge in [0.1, 0.15) is 42.7 Å². The van der Waals surface area contributed by atoms with Gasteiger partial charge in [0.05, 0.1) is 24.0 Å². The number of nitrogens with one attached hydrogen (secondary N) is 5. The van der Waals surface area contributed by atoms with Gasteiger partial charge in [-0.1, -0.05) is 51.3 Å². The standard InChI is InChI=1S/C51H62FN13O8/c1-31(2)45(62-42(66)16-5-4-8-25-63-43(67)21-22-44(63)68)49(70)59-38(14-10-24-54-50(53)71)48(69)58-35-19-17-33(18-20-35)29-73-51(72)64(39-15-7-6-12-36(39)52)28-40-60-46(34-23-26-65-41(27-34)55-30-56-65)47(61-40)37-13-9-11-32(3)57-37/h9,11,13,17-23,26-27,30-31,36,38-39,45H,4-8,10,12,14-16,24-25,28-29H2,1-3H3,(H,58,69)(H,59,70)(H,60,61)(H,62,66)(H3,53,54,71)/t36-,38-,39?,45?/m0/s1. The molecule has 2 aliphatic rings. The number of benzene rings is 1. The van der Waals surface area contributed by atoms with E-state index in [9.17, 15) is 33.6 Å². The predicted molar refractivity (Wildman–Crippen MR) is 266 cm³/mol. The summed E-state index contributed by atoms with van der Waals surface area (Å²) in [6.07, 6.45) is 7.94. The van der Waals surface area contributed by atoms with Crippen molar-refractivity contribution < 1.29 is 42.7 Å². The molecule has 0 radical (unpaired) electrons. The number of primary amides is 1. The van der Waals surface area contributed by atoms with Crippen molar-refractivity contribution in [2.45, 2.75) is 122 Å². The van der Waals surface area contributed by atoms with E-state index in [0.717, 1.165) is 22.6 Å². The minimum atomic E-state index is -1.27. The van der Waals surface area contributed by atoms with Crippen LogP contribution in [-0.4, -0.2) is 118 Å². The lowest BCUT2D eigenvalue weighted by molar-refractivity contribution is -0.137. The Morgan fingerprint density at radius 1 is 0.932 bits per heavy atom. The molecule has 0 bridgehead atoms. The predicted octanol–water partition coefficient (Wildman–Crippen LogP) is 5.41. The molecule has 1 aromatic carbocycles. The van der Waals surface area contributed by atoms with E-state index >= 15 is 4.39 Å². The molecule has 5 heterocycles. The minimum absolute atomic E-state index is 0.0748. The lowest BCUT2D eigenvalue weighted by Crippen LogP contribution is -2.54. The Morgan fingerprint density at radius 2 is 1.70 bits per heavy atom. The van der Waals surface area contributed by atoms with Crippen molar-refractivity contribution in [1.82, 2.24) is 55.3 Å². The molecule has 1 aliphatic heterocycles. The number of aryl methyl sites for hydroxylation is 1. The second-order valence-corrected chi connectivity index (χ2v) is 18.5. The van der Waals surface area contributed by atoms with Gasteiger partial charge in [-0.25, -0.2) is 28.5 Å². The number of nitrogens with two attached hydrogens (primary N) is 1. The number of ether oxygens (including phenoxy) is 1. The maximum absolute atomic E-state index is 15.7. The first-order chi connectivity index (χ1) is 35.1. The normalized spacial score (nSPS) is 16.3. The number of H-pyrrole nitrogens is 1. The number of hydrogen-bond donors (Lipinski definition) is 6. The van der Waals surface area contributed by atoms with Gasteiger partial charge in [-0.2, -0.15) is 5.10 Å². The summed E-state index contributed by atoms with van der Waals surface area (Å²) in [4.78, 5) is 109. The molecule has 1 saturated carbocycles. The number of carbonyl (C=O) groups excluding carboxylic acids is 7. The fourth-order valence-corrected chi connectivity index (χ4v) is 8.79. The average Bonchev–Trinajstić information content (AvgIpc) is 4.11. The third kappa shape index (κ3) is 14.3. The minimum Gasteiger partial charge on any atom is -0.445 e. The maximum Gasteiger partial charge on any atom is 0.410 e. The van der Waals surface area contributed by atoms with Crippen LogP contribution < -0.4 is 27.0 Å². The molecule has 0 spiro atoms. The quantitative estimate of drug-likeness (QED) is 0.0354. The Hall–Kier alpha value is -8.04. The molecule has 8 amide bonds. The summed E-state index contributed by atoms with van der Waals surface area (Å²) in [5.74, 6) is -2.17. The second-order valence-electron chi connectivity index (χ2n) is 18.5. The summed E-state index contributed by atoms with van der Waals surface area (Å²) in [6.45, 7) is 5.55. The molecule has 1 fully saturated rings. The van der Waals surface area contributed by atoms with Gasteiger partial charge in [0, 0.05) is 54.8 Å². The summed E-state index contributed by atoms with van der Waals surface area (Å²) in [7, 11) is 0. The second kappa shape index (κ2) is 24.9. The van der Waals surface area contributed by atoms with Gasteiger partial charge < -0.3 is 36.7 Å². The molecule has 0 saturated heterocycles. The van der Waals surface area contributed by atoms with E-state index < -0.39 is 48.2 Å². The molecule has 22 heteroatoms. The fourth-order valence-electron chi connectivity index (χ4n) is 8.79. The Bertz CT molecular complexity index is 2790. The Kier molecular flexibility index (Phi) is 18.0. The number of imidazole rings is 1. The van der Waals surface area contributed by atoms with E-state index in [4.69, 9.17) is 20.4 Å². The van der Waals surface area contributed by atoms with Crippen LogP contribution in [0.2, 0.25) is 0 Å². The van der Waals surface area contributed by atoms with Crippen LogP contribution in [-0.2, 0) is 41.9 Å². The van der Waals surface area contributed by atoms with Crippen molar-refractivity contribution in [1.29, 1.82) is 0 Å². The number of nitrogens with zero attached hydrogens (tertiary/aromatic N) is 7. The summed E-state index contributed by atoms with van der Waals surface area (Å²) < 4.78 is 23.2. The van der Waals surface area contributed by atoms with Gasteiger partial charge in [-0.3, -0.25) is 38.8 Å². The molecular weight excluding hydrogens is 942 g/mol. The number of anilines is 1. The Morgan fingerprint density at radius 3 is 2.42 bits per heavy atom. The number of alkyl halides is 1. The largest absolute Gasteiger partial charge is 0.445 e. The average molecular weight is 1000 g/mol. The number of unbranched alkanes of at least 4 members (excludes halogenated alkanes) is 2. The van der Waals surface area contributed by atoms with Crippen molar-refractivity contribution in [3.05, 3.63) is 96.4 Å². The van der Waals surface area contributed by atoms with E-state index in [0.29, 0.717) is 78.3 Å². The Balaban J connectivity index is 0.978. The molecule has 21 nitrogen and oxygen atoms in total. The number of amides is 8. The lowest BCUT2D eigenvalue weighted by Gasteiger charge is -2.35. The van der Waals surface area contributed by atoms with Crippen LogP contribution in [0, 0.1) is 12.8 Å². The van der Waals surface area contributed by atoms with Crippen molar-refractivity contribution in [2.24, 2.45) is 11.7 Å². The van der Waals surface area contributed by atoms with Gasteiger partial charge >= 0.3 is 12.1 Å². The lowest BCUT2D eigenvalue weighted by atomic mass is 9.92. The topological polar surface area (TPSA) is 281 Å². The van der Waals surface area contributed by atoms with E-state index in [1.54, 1.807) is 48.8 Å². The van der Waals surface area contributed by atoms with Gasteiger partial charge in [-0.05, 0) is 93.3 Å². The molecular formula is C51H62FN13O8. The first-order valence-corrected chi connectivity index (χ1v) is 24.6. The zero-order chi connectivity index (χ0) is 52.0. The van der Waals surface area contributed by atoms with Gasteiger partial charge in [0.25, 0.3) is 11.8 Å². The summed E-state index contributed by atoms with van der Waals surface area (Å²) >= 11 is 0. The number of imide groups is 1. The summed E-state index contributed by atoms with van der Waals surface area (Å²) in [5, 5.41) is 15.0. The highest BCUT2D eigenvalue weighted by Crippen LogP contribution is 2.32. The third-order valence-electron chi connectivity index (χ3n) is 12.7. The molecule has 4 aromatic heterocycles. The van der Waals surface area contributed by atoms with Crippen LogP contribution in [0.15, 0.2) is 79.3 Å². The van der Waals surface area contributed by atoms with Crippen LogP contribution in [0.1, 0.15) is 95.1 Å². The van der Waals surface area contributed by atoms with Gasteiger partial charge in [0.15, 0.2) is 5.65 Å². The number of hydrogen-bond acceptors (Lipinski definition) is 12. The molecule has 7 N–H and O–H groups in total. The van der Waals surface area contributed by atoms with E-state index in [1.807, 2.05) is 37.3 Å². The van der Waals surface area contributed by atoms with Crippen LogP contribution in [0.3, 0.4) is 0 Å². The number of halogens is 1. The molecule has 386 valence electrons. The molecule has 2 unspecified atom stereocenters. The highest BCUT2D eigenvalue weighted by atomic mass is 19.1. The Labute approximate surface area is 421 Å². The van der Waals surface area contributed by atoms with Gasteiger partial charge in [0.2, 0.25) is 17.7 Å². The maximum atomic E-state index is 15.7. The highest BCUT2D eigenvalue weighted by Gasteiger charge is 2.35. The molecule has 7 rings (SSSR count). The number of carbonyl (C=O) groups is 7. The molecule has 73 heavy (non-hydrogen) atoms. The zero-order valence-electron chi connectivity index (χ0n) is 41.1. The van der Waals surface area contributed by atoms with E-state index in [-0.39, 0.29) is 69.1 Å². The van der Waals surface area contributed by atoms with Crippen LogP contribution >= 0.6 is 0 Å². The van der Waals surface area contributed by atoms with Crippen molar-refractivity contribution in [3.8, 4) is 22.6 Å². The highest BCUT2D eigenvalue weighted by molar-refractivity contribution is 6.12. The number of urea groups is 1. The first-order valence-electron chi connectivity index (χ1n) is 24.6. The molecule has 5 aromatic rings. The van der Waals surface area contributed by atoms with Crippen LogP contribution in [0.25, 0.3) is 28.3 Å².